The van der Waals surface area contributed by atoms with Crippen molar-refractivity contribution < 1.29 is 14.9 Å². The second-order valence-corrected chi connectivity index (χ2v) is 7.56. The highest BCUT2D eigenvalue weighted by atomic mass is 16.5. The van der Waals surface area contributed by atoms with Crippen molar-refractivity contribution in [2.45, 2.75) is 37.8 Å². The number of hydrogen-bond donors (Lipinski definition) is 3. The third-order valence-corrected chi connectivity index (χ3v) is 5.64. The number of ether oxygens (including phenoxy) is 1. The molecule has 0 spiro atoms. The molecule has 1 aliphatic carbocycles. The Morgan fingerprint density at radius 3 is 2.59 bits per heavy atom. The standard InChI is InChI=1S/C23H25N3O3/c24-13-21-20-9-8-19(29-11-10-18(28)14-27)12-22(20)26(17-2-1-3-17)23(21)15-4-6-16(25)7-5-15/h4-9,12,17-18,27-28H,1-3,10-11,14,25H2. The summed E-state index contributed by atoms with van der Waals surface area (Å²) in [4.78, 5) is 0. The van der Waals surface area contributed by atoms with Gasteiger partial charge >= 0.3 is 0 Å². The number of hydrogen-bond acceptors (Lipinski definition) is 5. The normalized spacial score (nSPS) is 15.1. The molecule has 1 saturated carbocycles. The van der Waals surface area contributed by atoms with Crippen molar-refractivity contribution in [2.24, 2.45) is 0 Å². The molecule has 1 aromatic heterocycles. The molecule has 0 amide bonds. The fourth-order valence-electron chi connectivity index (χ4n) is 3.85. The first-order chi connectivity index (χ1) is 14.1. The zero-order valence-electron chi connectivity index (χ0n) is 16.2. The minimum absolute atomic E-state index is 0.274. The molecule has 1 fully saturated rings. The molecule has 4 rings (SSSR count). The number of nitrogens with zero attached hydrogens (tertiary/aromatic N) is 2. The van der Waals surface area contributed by atoms with Gasteiger partial charge in [-0.3, -0.25) is 0 Å². The van der Waals surface area contributed by atoms with Crippen LogP contribution >= 0.6 is 0 Å². The molecule has 6 nitrogen and oxygen atoms in total. The Balaban J connectivity index is 1.79. The van der Waals surface area contributed by atoms with Crippen molar-refractivity contribution in [1.29, 1.82) is 5.26 Å². The zero-order chi connectivity index (χ0) is 20.4. The number of nitrogen functional groups attached to an aromatic ring is 1. The van der Waals surface area contributed by atoms with Crippen LogP contribution < -0.4 is 10.5 Å². The summed E-state index contributed by atoms with van der Waals surface area (Å²) in [6.45, 7) is 0.0384. The highest BCUT2D eigenvalue weighted by Gasteiger charge is 2.28. The van der Waals surface area contributed by atoms with Gasteiger partial charge in [0.1, 0.15) is 11.8 Å². The van der Waals surface area contributed by atoms with Gasteiger partial charge in [-0.25, -0.2) is 0 Å². The lowest BCUT2D eigenvalue weighted by Crippen LogP contribution is -2.18. The van der Waals surface area contributed by atoms with E-state index < -0.39 is 6.10 Å². The maximum absolute atomic E-state index is 9.95. The lowest BCUT2D eigenvalue weighted by molar-refractivity contribution is 0.0754. The van der Waals surface area contributed by atoms with Gasteiger partial charge in [0.2, 0.25) is 0 Å². The maximum atomic E-state index is 9.95. The second-order valence-electron chi connectivity index (χ2n) is 7.56. The second kappa shape index (κ2) is 8.16. The molecule has 0 bridgehead atoms. The van der Waals surface area contributed by atoms with Gasteiger partial charge in [-0.1, -0.05) is 12.1 Å². The molecule has 0 aliphatic heterocycles. The molecule has 0 saturated heterocycles. The topological polar surface area (TPSA) is 104 Å². The number of benzene rings is 2. The first kappa shape index (κ1) is 19.3. The number of anilines is 1. The zero-order valence-corrected chi connectivity index (χ0v) is 16.2. The van der Waals surface area contributed by atoms with Gasteiger partial charge in [0, 0.05) is 29.6 Å². The van der Waals surface area contributed by atoms with Crippen LogP contribution in [0.2, 0.25) is 0 Å². The molecule has 1 aliphatic rings. The van der Waals surface area contributed by atoms with Crippen LogP contribution in [0.15, 0.2) is 42.5 Å². The predicted molar refractivity (Wildman–Crippen MR) is 113 cm³/mol. The maximum Gasteiger partial charge on any atom is 0.121 e. The number of fused-ring (bicyclic) bond motifs is 1. The molecule has 2 aromatic carbocycles. The average molecular weight is 391 g/mol. The minimum atomic E-state index is -0.778. The molecule has 4 N–H and O–H groups in total. The molecule has 1 unspecified atom stereocenters. The molecule has 6 heteroatoms. The van der Waals surface area contributed by atoms with Crippen LogP contribution in [0.4, 0.5) is 5.69 Å². The van der Waals surface area contributed by atoms with Crippen LogP contribution in [-0.2, 0) is 0 Å². The fourth-order valence-corrected chi connectivity index (χ4v) is 3.85. The van der Waals surface area contributed by atoms with Crippen LogP contribution in [0, 0.1) is 11.3 Å². The lowest BCUT2D eigenvalue weighted by atomic mass is 9.92. The number of nitriles is 1. The van der Waals surface area contributed by atoms with E-state index in [9.17, 15) is 10.4 Å². The minimum Gasteiger partial charge on any atom is -0.493 e. The third-order valence-electron chi connectivity index (χ3n) is 5.64. The largest absolute Gasteiger partial charge is 0.493 e. The van der Waals surface area contributed by atoms with E-state index in [2.05, 4.69) is 10.6 Å². The van der Waals surface area contributed by atoms with Gasteiger partial charge in [-0.15, -0.1) is 0 Å². The van der Waals surface area contributed by atoms with Crippen molar-refractivity contribution in [2.75, 3.05) is 18.9 Å². The Bertz CT molecular complexity index is 1050. The van der Waals surface area contributed by atoms with Gasteiger partial charge in [0.05, 0.1) is 36.1 Å². The predicted octanol–water partition coefficient (Wildman–Crippen LogP) is 3.61. The van der Waals surface area contributed by atoms with Crippen LogP contribution in [0.3, 0.4) is 0 Å². The quantitative estimate of drug-likeness (QED) is 0.534. The van der Waals surface area contributed by atoms with E-state index in [0.29, 0.717) is 36.1 Å². The Morgan fingerprint density at radius 1 is 1.21 bits per heavy atom. The first-order valence-corrected chi connectivity index (χ1v) is 9.98. The molecular formula is C23H25N3O3. The molecule has 150 valence electrons. The SMILES string of the molecule is N#Cc1c(-c2ccc(N)cc2)n(C2CCC2)c2cc(OCCC(O)CO)ccc12. The first-order valence-electron chi connectivity index (χ1n) is 9.98. The molecule has 3 aromatic rings. The van der Waals surface area contributed by atoms with Crippen molar-refractivity contribution in [1.82, 2.24) is 4.57 Å². The summed E-state index contributed by atoms with van der Waals surface area (Å²) in [5.74, 6) is 0.689. The van der Waals surface area contributed by atoms with Gasteiger partial charge in [-0.05, 0) is 49.1 Å². The van der Waals surface area contributed by atoms with E-state index in [0.717, 1.165) is 35.0 Å². The molecule has 1 heterocycles. The van der Waals surface area contributed by atoms with E-state index >= 15 is 0 Å². The Hall–Kier alpha value is -3.01. The van der Waals surface area contributed by atoms with E-state index in [1.165, 1.54) is 6.42 Å². The number of rotatable bonds is 7. The summed E-state index contributed by atoms with van der Waals surface area (Å²) in [6.07, 6.45) is 2.94. The van der Waals surface area contributed by atoms with Crippen LogP contribution in [-0.4, -0.2) is 34.1 Å². The van der Waals surface area contributed by atoms with Gasteiger partial charge < -0.3 is 25.3 Å². The fraction of sp³-hybridized carbons (Fsp3) is 0.348. The Morgan fingerprint density at radius 2 is 1.97 bits per heavy atom. The van der Waals surface area contributed by atoms with E-state index in [1.807, 2.05) is 42.5 Å². The van der Waals surface area contributed by atoms with Crippen molar-refractivity contribution in [3.63, 3.8) is 0 Å². The highest BCUT2D eigenvalue weighted by molar-refractivity contribution is 5.95. The Labute approximate surface area is 169 Å². The summed E-state index contributed by atoms with van der Waals surface area (Å²) in [7, 11) is 0. The third kappa shape index (κ3) is 3.67. The van der Waals surface area contributed by atoms with Crippen molar-refractivity contribution in [3.05, 3.63) is 48.0 Å². The summed E-state index contributed by atoms with van der Waals surface area (Å²) >= 11 is 0. The lowest BCUT2D eigenvalue weighted by Gasteiger charge is -2.30. The molecule has 0 radical (unpaired) electrons. The molecule has 1 atom stereocenters. The summed E-state index contributed by atoms with van der Waals surface area (Å²) in [5, 5.41) is 29.3. The van der Waals surface area contributed by atoms with Crippen molar-refractivity contribution >= 4 is 16.6 Å². The number of nitrogens with two attached hydrogens (primary N) is 1. The molecular weight excluding hydrogens is 366 g/mol. The average Bonchev–Trinajstić information content (AvgIpc) is 3.00. The summed E-state index contributed by atoms with van der Waals surface area (Å²) in [5.41, 5.74) is 10.1. The summed E-state index contributed by atoms with van der Waals surface area (Å²) < 4.78 is 8.07. The van der Waals surface area contributed by atoms with Gasteiger partial charge in [0.15, 0.2) is 0 Å². The summed E-state index contributed by atoms with van der Waals surface area (Å²) in [6, 6.07) is 16.2. The highest BCUT2D eigenvalue weighted by Crippen LogP contribution is 2.43. The van der Waals surface area contributed by atoms with Crippen LogP contribution in [0.5, 0.6) is 5.75 Å². The monoisotopic (exact) mass is 391 g/mol. The Kier molecular flexibility index (Phi) is 5.43. The number of aliphatic hydroxyl groups is 2. The number of aliphatic hydroxyl groups excluding tert-OH is 2. The molecule has 29 heavy (non-hydrogen) atoms. The van der Waals surface area contributed by atoms with E-state index in [4.69, 9.17) is 15.6 Å². The van der Waals surface area contributed by atoms with Crippen LogP contribution in [0.1, 0.15) is 37.3 Å². The van der Waals surface area contributed by atoms with Crippen molar-refractivity contribution in [3.8, 4) is 23.1 Å². The van der Waals surface area contributed by atoms with Gasteiger partial charge in [0.25, 0.3) is 0 Å². The van der Waals surface area contributed by atoms with E-state index in [-0.39, 0.29) is 6.61 Å². The number of aromatic nitrogens is 1. The van der Waals surface area contributed by atoms with Gasteiger partial charge in [-0.2, -0.15) is 5.26 Å². The van der Waals surface area contributed by atoms with Crippen LogP contribution in [0.25, 0.3) is 22.2 Å². The van der Waals surface area contributed by atoms with E-state index in [1.54, 1.807) is 0 Å². The smallest absolute Gasteiger partial charge is 0.121 e.